The molecule has 0 bridgehead atoms. The molecule has 5 rings (SSSR count). The van der Waals surface area contributed by atoms with E-state index in [0.29, 0.717) is 26.4 Å². The molecule has 0 amide bonds. The average Bonchev–Trinajstić information content (AvgIpc) is 3.28. The Kier molecular flexibility index (Phi) is 9.43. The summed E-state index contributed by atoms with van der Waals surface area (Å²) in [6.45, 7) is 1.92. The molecule has 1 aliphatic heterocycles. The van der Waals surface area contributed by atoms with E-state index in [1.54, 1.807) is 11.8 Å². The van der Waals surface area contributed by atoms with Gasteiger partial charge in [-0.3, -0.25) is 0 Å². The third-order valence-electron chi connectivity index (χ3n) is 6.23. The van der Waals surface area contributed by atoms with Crippen LogP contribution in [0.5, 0.6) is 0 Å². The van der Waals surface area contributed by atoms with Gasteiger partial charge < -0.3 is 18.9 Å². The first-order valence-corrected chi connectivity index (χ1v) is 13.5. The second-order valence-electron chi connectivity index (χ2n) is 9.00. The van der Waals surface area contributed by atoms with Crippen molar-refractivity contribution in [1.82, 2.24) is 0 Å². The third kappa shape index (κ3) is 7.54. The van der Waals surface area contributed by atoms with E-state index in [4.69, 9.17) is 18.9 Å². The Morgan fingerprint density at radius 3 is 1.54 bits per heavy atom. The molecule has 5 heteroatoms. The maximum Gasteiger partial charge on any atom is 0.137 e. The number of benzene rings is 4. The molecule has 0 unspecified atom stereocenters. The summed E-state index contributed by atoms with van der Waals surface area (Å²) in [6.07, 6.45) is -0.797. The lowest BCUT2D eigenvalue weighted by atomic mass is 10.1. The normalized spacial score (nSPS) is 21.2. The Labute approximate surface area is 223 Å². The predicted octanol–water partition coefficient (Wildman–Crippen LogP) is 6.89. The fourth-order valence-electron chi connectivity index (χ4n) is 4.33. The maximum absolute atomic E-state index is 6.59. The van der Waals surface area contributed by atoms with E-state index in [-0.39, 0.29) is 23.7 Å². The molecule has 4 nitrogen and oxygen atoms in total. The summed E-state index contributed by atoms with van der Waals surface area (Å²) in [7, 11) is 0. The van der Waals surface area contributed by atoms with Crippen molar-refractivity contribution in [2.75, 3.05) is 6.61 Å². The molecule has 4 aromatic carbocycles. The van der Waals surface area contributed by atoms with E-state index in [2.05, 4.69) is 48.5 Å². The Morgan fingerprint density at radius 1 is 0.541 bits per heavy atom. The number of hydrogen-bond acceptors (Lipinski definition) is 5. The molecule has 0 N–H and O–H groups in total. The van der Waals surface area contributed by atoms with Gasteiger partial charge in [-0.1, -0.05) is 121 Å². The number of thioether (sulfide) groups is 1. The second kappa shape index (κ2) is 13.6. The van der Waals surface area contributed by atoms with Crippen LogP contribution in [0.1, 0.15) is 16.7 Å². The van der Waals surface area contributed by atoms with Gasteiger partial charge in [-0.05, 0) is 28.8 Å². The van der Waals surface area contributed by atoms with Crippen molar-refractivity contribution in [3.8, 4) is 0 Å². The molecular formula is C32H32O4S. The lowest BCUT2D eigenvalue weighted by Crippen LogP contribution is -2.38. The van der Waals surface area contributed by atoms with Gasteiger partial charge in [0.15, 0.2) is 0 Å². The maximum atomic E-state index is 6.59. The van der Waals surface area contributed by atoms with Crippen molar-refractivity contribution in [3.05, 3.63) is 138 Å². The highest BCUT2D eigenvalue weighted by Gasteiger charge is 2.47. The van der Waals surface area contributed by atoms with Gasteiger partial charge in [-0.2, -0.15) is 0 Å². The van der Waals surface area contributed by atoms with Crippen LogP contribution < -0.4 is 0 Å². The van der Waals surface area contributed by atoms with Crippen LogP contribution in [0.3, 0.4) is 0 Å². The van der Waals surface area contributed by atoms with Gasteiger partial charge >= 0.3 is 0 Å². The quantitative estimate of drug-likeness (QED) is 0.207. The largest absolute Gasteiger partial charge is 0.374 e. The lowest BCUT2D eigenvalue weighted by Gasteiger charge is -2.25. The minimum Gasteiger partial charge on any atom is -0.374 e. The van der Waals surface area contributed by atoms with Crippen LogP contribution in [0.2, 0.25) is 0 Å². The van der Waals surface area contributed by atoms with E-state index >= 15 is 0 Å². The summed E-state index contributed by atoms with van der Waals surface area (Å²) >= 11 is 1.67. The van der Waals surface area contributed by atoms with E-state index in [1.807, 2.05) is 72.8 Å². The van der Waals surface area contributed by atoms with Crippen LogP contribution in [0.25, 0.3) is 0 Å². The van der Waals surface area contributed by atoms with E-state index in [9.17, 15) is 0 Å². The van der Waals surface area contributed by atoms with Crippen molar-refractivity contribution in [1.29, 1.82) is 0 Å². The summed E-state index contributed by atoms with van der Waals surface area (Å²) in [5.41, 5.74) is 3.15. The number of hydrogen-bond donors (Lipinski definition) is 0. The Balaban J connectivity index is 1.33. The Morgan fingerprint density at radius 2 is 1.00 bits per heavy atom. The van der Waals surface area contributed by atoms with Gasteiger partial charge in [-0.25, -0.2) is 0 Å². The number of rotatable bonds is 12. The smallest absolute Gasteiger partial charge is 0.137 e. The average molecular weight is 513 g/mol. The first-order chi connectivity index (χ1) is 18.3. The molecule has 190 valence electrons. The molecular weight excluding hydrogens is 480 g/mol. The molecule has 0 radical (unpaired) electrons. The van der Waals surface area contributed by atoms with Gasteiger partial charge in [-0.15, -0.1) is 0 Å². The summed E-state index contributed by atoms with van der Waals surface area (Å²) in [6, 6.07) is 41.0. The summed E-state index contributed by atoms with van der Waals surface area (Å²) in [5.74, 6) is 0. The van der Waals surface area contributed by atoms with Gasteiger partial charge in [0, 0.05) is 4.90 Å². The van der Waals surface area contributed by atoms with Crippen molar-refractivity contribution in [3.63, 3.8) is 0 Å². The summed E-state index contributed by atoms with van der Waals surface area (Å²) in [5, 5.41) is 0. The Hall–Kier alpha value is -2.93. The van der Waals surface area contributed by atoms with Crippen molar-refractivity contribution >= 4 is 11.8 Å². The third-order valence-corrected chi connectivity index (χ3v) is 7.38. The minimum atomic E-state index is -0.277. The lowest BCUT2D eigenvalue weighted by molar-refractivity contribution is -0.0895. The molecule has 0 saturated carbocycles. The molecule has 0 aliphatic carbocycles. The van der Waals surface area contributed by atoms with Crippen LogP contribution in [-0.2, 0) is 38.8 Å². The highest BCUT2D eigenvalue weighted by atomic mass is 32.2. The zero-order chi connectivity index (χ0) is 25.1. The molecule has 1 heterocycles. The summed E-state index contributed by atoms with van der Waals surface area (Å²) in [4.78, 5) is 1.13. The van der Waals surface area contributed by atoms with Gasteiger partial charge in [0.25, 0.3) is 0 Å². The molecule has 0 aromatic heterocycles. The molecule has 1 aliphatic rings. The molecule has 1 fully saturated rings. The summed E-state index contributed by atoms with van der Waals surface area (Å²) < 4.78 is 25.8. The minimum absolute atomic E-state index is 0.225. The molecule has 4 atom stereocenters. The zero-order valence-electron chi connectivity index (χ0n) is 20.7. The highest BCUT2D eigenvalue weighted by molar-refractivity contribution is 7.99. The van der Waals surface area contributed by atoms with Crippen LogP contribution in [0, 0.1) is 0 Å². The van der Waals surface area contributed by atoms with Crippen molar-refractivity contribution in [2.24, 2.45) is 0 Å². The predicted molar refractivity (Wildman–Crippen MR) is 147 cm³/mol. The van der Waals surface area contributed by atoms with E-state index in [0.717, 1.165) is 21.6 Å². The van der Waals surface area contributed by atoms with Gasteiger partial charge in [0.1, 0.15) is 23.7 Å². The number of ether oxygens (including phenoxy) is 4. The monoisotopic (exact) mass is 512 g/mol. The standard InChI is InChI=1S/C32H32O4S/c1-5-13-25(14-6-1)21-33-24-29-30(34-22-26-15-7-2-8-16-26)31(35-23-27-17-9-3-10-18-27)32(36-29)37-28-19-11-4-12-20-28/h1-20,29-32H,21-24H2/t29-,30-,31-,32-/m1/s1. The molecule has 4 aromatic rings. The topological polar surface area (TPSA) is 36.9 Å². The van der Waals surface area contributed by atoms with Gasteiger partial charge in [0.2, 0.25) is 0 Å². The fourth-order valence-corrected chi connectivity index (χ4v) is 5.48. The molecule has 1 saturated heterocycles. The fraction of sp³-hybridized carbons (Fsp3) is 0.250. The van der Waals surface area contributed by atoms with Crippen LogP contribution in [0.4, 0.5) is 0 Å². The first kappa shape index (κ1) is 25.7. The van der Waals surface area contributed by atoms with Crippen molar-refractivity contribution in [2.45, 2.75) is 48.5 Å². The van der Waals surface area contributed by atoms with Gasteiger partial charge in [0.05, 0.1) is 26.4 Å². The van der Waals surface area contributed by atoms with Crippen LogP contribution in [0.15, 0.2) is 126 Å². The SMILES string of the molecule is c1ccc(COC[C@H]2O[C@H](Sc3ccccc3)[C@H](OCc3ccccc3)[C@@H]2OCc2ccccc2)cc1. The van der Waals surface area contributed by atoms with Crippen LogP contribution >= 0.6 is 11.8 Å². The highest BCUT2D eigenvalue weighted by Crippen LogP contribution is 2.38. The second-order valence-corrected chi connectivity index (χ2v) is 10.2. The first-order valence-electron chi connectivity index (χ1n) is 12.6. The van der Waals surface area contributed by atoms with Crippen molar-refractivity contribution < 1.29 is 18.9 Å². The van der Waals surface area contributed by atoms with E-state index < -0.39 is 0 Å². The molecule has 37 heavy (non-hydrogen) atoms. The van der Waals surface area contributed by atoms with E-state index in [1.165, 1.54) is 0 Å². The molecule has 0 spiro atoms. The van der Waals surface area contributed by atoms with Crippen LogP contribution in [-0.4, -0.2) is 30.4 Å². The Bertz CT molecular complexity index is 1170. The zero-order valence-corrected chi connectivity index (χ0v) is 21.5.